The molecule has 1 aliphatic rings. The molecule has 0 aliphatic carbocycles. The molecule has 2 aromatic carbocycles. The van der Waals surface area contributed by atoms with E-state index in [-0.39, 0.29) is 23.2 Å². The molecule has 0 aromatic heterocycles. The lowest BCUT2D eigenvalue weighted by molar-refractivity contribution is -0.384. The summed E-state index contributed by atoms with van der Waals surface area (Å²) in [5, 5.41) is 17.4. The summed E-state index contributed by atoms with van der Waals surface area (Å²) in [5.74, 6) is 0.523. The van der Waals surface area contributed by atoms with Crippen molar-refractivity contribution in [2.24, 2.45) is 0 Å². The Hall–Kier alpha value is -3.33. The number of nitro benzene ring substituents is 1. The molecule has 1 fully saturated rings. The number of benzene rings is 2. The second kappa shape index (κ2) is 10.6. The van der Waals surface area contributed by atoms with E-state index in [1.807, 2.05) is 24.3 Å². The number of piperidine rings is 1. The Morgan fingerprint density at radius 2 is 1.87 bits per heavy atom. The lowest BCUT2D eigenvalue weighted by Crippen LogP contribution is -2.44. The van der Waals surface area contributed by atoms with Gasteiger partial charge in [-0.3, -0.25) is 14.9 Å². The number of carbonyl (C=O) groups excluding carboxylic acids is 1. The first-order valence-electron chi connectivity index (χ1n) is 10.2. The largest absolute Gasteiger partial charge is 0.497 e. The summed E-state index contributed by atoms with van der Waals surface area (Å²) in [5.41, 5.74) is 1.64. The molecule has 0 spiro atoms. The number of amides is 1. The van der Waals surface area contributed by atoms with Crippen LogP contribution in [0.3, 0.4) is 0 Å². The topological polar surface area (TPSA) is 106 Å². The highest BCUT2D eigenvalue weighted by Crippen LogP contribution is 2.26. The molecule has 0 saturated carbocycles. The first-order chi connectivity index (χ1) is 15.0. The van der Waals surface area contributed by atoms with Gasteiger partial charge < -0.3 is 25.0 Å². The van der Waals surface area contributed by atoms with Crippen LogP contribution in [0.5, 0.6) is 5.75 Å². The van der Waals surface area contributed by atoms with Crippen molar-refractivity contribution in [1.29, 1.82) is 0 Å². The molecule has 2 N–H and O–H groups in total. The SMILES string of the molecule is COCCNc1ccc(C(=O)NC2CCN(c3ccc(OC)cc3)CC2)cc1[N+](=O)[O-]. The standard InChI is InChI=1S/C22H28N4O5/c1-30-14-11-23-20-8-3-16(15-21(20)26(28)29)22(27)24-17-9-12-25(13-10-17)18-4-6-19(31-2)7-5-18/h3-8,15,17,23H,9-14H2,1-2H3,(H,24,27). The van der Waals surface area contributed by atoms with Gasteiger partial charge in [0.25, 0.3) is 11.6 Å². The smallest absolute Gasteiger partial charge is 0.293 e. The predicted octanol–water partition coefficient (Wildman–Crippen LogP) is 3.06. The number of ether oxygens (including phenoxy) is 2. The molecule has 0 unspecified atom stereocenters. The third-order valence-electron chi connectivity index (χ3n) is 5.35. The molecular formula is C22H28N4O5. The van der Waals surface area contributed by atoms with E-state index in [2.05, 4.69) is 15.5 Å². The summed E-state index contributed by atoms with van der Waals surface area (Å²) in [6.07, 6.45) is 1.60. The number of hydrogen-bond acceptors (Lipinski definition) is 7. The zero-order valence-electron chi connectivity index (χ0n) is 17.8. The Balaban J connectivity index is 1.57. The van der Waals surface area contributed by atoms with Gasteiger partial charge >= 0.3 is 0 Å². The lowest BCUT2D eigenvalue weighted by Gasteiger charge is -2.34. The second-order valence-electron chi connectivity index (χ2n) is 7.34. The quantitative estimate of drug-likeness (QED) is 0.359. The zero-order valence-corrected chi connectivity index (χ0v) is 17.8. The molecule has 166 valence electrons. The fourth-order valence-corrected chi connectivity index (χ4v) is 3.60. The van der Waals surface area contributed by atoms with E-state index < -0.39 is 4.92 Å². The molecule has 0 bridgehead atoms. The molecule has 1 aliphatic heterocycles. The van der Waals surface area contributed by atoms with E-state index in [4.69, 9.17) is 9.47 Å². The summed E-state index contributed by atoms with van der Waals surface area (Å²) in [7, 11) is 3.20. The molecule has 0 atom stereocenters. The van der Waals surface area contributed by atoms with Crippen molar-refractivity contribution >= 4 is 23.0 Å². The minimum atomic E-state index is -0.487. The molecule has 0 radical (unpaired) electrons. The van der Waals surface area contributed by atoms with Crippen LogP contribution in [0.15, 0.2) is 42.5 Å². The average molecular weight is 428 g/mol. The van der Waals surface area contributed by atoms with Gasteiger partial charge in [0.1, 0.15) is 11.4 Å². The molecule has 1 saturated heterocycles. The number of nitrogens with zero attached hydrogens (tertiary/aromatic N) is 2. The number of methoxy groups -OCH3 is 2. The third kappa shape index (κ3) is 5.85. The van der Waals surface area contributed by atoms with Crippen LogP contribution in [-0.2, 0) is 4.74 Å². The fraction of sp³-hybridized carbons (Fsp3) is 0.409. The fourth-order valence-electron chi connectivity index (χ4n) is 3.60. The predicted molar refractivity (Wildman–Crippen MR) is 119 cm³/mol. The van der Waals surface area contributed by atoms with Gasteiger partial charge in [-0.2, -0.15) is 0 Å². The minimum absolute atomic E-state index is 0.0283. The van der Waals surface area contributed by atoms with Crippen LogP contribution in [0.2, 0.25) is 0 Å². The van der Waals surface area contributed by atoms with E-state index in [0.717, 1.165) is 37.4 Å². The molecule has 31 heavy (non-hydrogen) atoms. The van der Waals surface area contributed by atoms with Crippen molar-refractivity contribution in [2.45, 2.75) is 18.9 Å². The van der Waals surface area contributed by atoms with Gasteiger partial charge in [0.15, 0.2) is 0 Å². The van der Waals surface area contributed by atoms with Crippen LogP contribution in [0.1, 0.15) is 23.2 Å². The maximum absolute atomic E-state index is 12.7. The monoisotopic (exact) mass is 428 g/mol. The van der Waals surface area contributed by atoms with Crippen LogP contribution in [-0.4, -0.2) is 57.3 Å². The van der Waals surface area contributed by atoms with Crippen LogP contribution in [0.25, 0.3) is 0 Å². The number of rotatable bonds is 9. The van der Waals surface area contributed by atoms with Crippen molar-refractivity contribution in [3.8, 4) is 5.75 Å². The Morgan fingerprint density at radius 1 is 1.16 bits per heavy atom. The highest BCUT2D eigenvalue weighted by molar-refractivity contribution is 5.96. The average Bonchev–Trinajstić information content (AvgIpc) is 2.80. The third-order valence-corrected chi connectivity index (χ3v) is 5.35. The van der Waals surface area contributed by atoms with Crippen LogP contribution in [0, 0.1) is 10.1 Å². The Morgan fingerprint density at radius 3 is 2.48 bits per heavy atom. The van der Waals surface area contributed by atoms with E-state index >= 15 is 0 Å². The molecule has 9 heteroatoms. The van der Waals surface area contributed by atoms with Gasteiger partial charge in [0.2, 0.25) is 0 Å². The van der Waals surface area contributed by atoms with Crippen molar-refractivity contribution < 1.29 is 19.2 Å². The molecule has 9 nitrogen and oxygen atoms in total. The van der Waals surface area contributed by atoms with E-state index in [1.165, 1.54) is 6.07 Å². The molecule has 1 amide bonds. The van der Waals surface area contributed by atoms with Gasteiger partial charge in [-0.25, -0.2) is 0 Å². The van der Waals surface area contributed by atoms with E-state index in [9.17, 15) is 14.9 Å². The van der Waals surface area contributed by atoms with Gasteiger partial charge in [0.05, 0.1) is 18.6 Å². The molecule has 2 aromatic rings. The Kier molecular flexibility index (Phi) is 7.66. The van der Waals surface area contributed by atoms with E-state index in [0.29, 0.717) is 18.8 Å². The zero-order chi connectivity index (χ0) is 22.2. The lowest BCUT2D eigenvalue weighted by atomic mass is 10.0. The maximum atomic E-state index is 12.7. The molecule has 1 heterocycles. The number of hydrogen-bond donors (Lipinski definition) is 2. The van der Waals surface area contributed by atoms with Gasteiger partial charge in [-0.15, -0.1) is 0 Å². The summed E-state index contributed by atoms with van der Waals surface area (Å²) in [6, 6.07) is 12.4. The van der Waals surface area contributed by atoms with Crippen LogP contribution in [0.4, 0.5) is 17.1 Å². The summed E-state index contributed by atoms with van der Waals surface area (Å²) < 4.78 is 10.1. The second-order valence-corrected chi connectivity index (χ2v) is 7.34. The van der Waals surface area contributed by atoms with Crippen molar-refractivity contribution in [1.82, 2.24) is 5.32 Å². The Labute approximate surface area is 181 Å². The summed E-state index contributed by atoms with van der Waals surface area (Å²) in [6.45, 7) is 2.50. The number of nitrogens with one attached hydrogen (secondary N) is 2. The van der Waals surface area contributed by atoms with Gasteiger partial charge in [-0.1, -0.05) is 0 Å². The van der Waals surface area contributed by atoms with Crippen LogP contribution >= 0.6 is 0 Å². The molecule has 3 rings (SSSR count). The maximum Gasteiger partial charge on any atom is 0.293 e. The highest BCUT2D eigenvalue weighted by Gasteiger charge is 2.23. The van der Waals surface area contributed by atoms with Crippen molar-refractivity contribution in [3.05, 3.63) is 58.1 Å². The van der Waals surface area contributed by atoms with Crippen molar-refractivity contribution in [3.63, 3.8) is 0 Å². The Bertz CT molecular complexity index is 895. The van der Waals surface area contributed by atoms with Crippen molar-refractivity contribution in [2.75, 3.05) is 50.7 Å². The molecular weight excluding hydrogens is 400 g/mol. The highest BCUT2D eigenvalue weighted by atomic mass is 16.6. The normalized spacial score (nSPS) is 14.2. The van der Waals surface area contributed by atoms with Gasteiger partial charge in [-0.05, 0) is 49.2 Å². The summed E-state index contributed by atoms with van der Waals surface area (Å²) in [4.78, 5) is 25.9. The van der Waals surface area contributed by atoms with Crippen LogP contribution < -0.4 is 20.3 Å². The minimum Gasteiger partial charge on any atom is -0.497 e. The first-order valence-corrected chi connectivity index (χ1v) is 10.2. The first kappa shape index (κ1) is 22.4. The number of anilines is 2. The van der Waals surface area contributed by atoms with Gasteiger partial charge in [0, 0.05) is 50.1 Å². The summed E-state index contributed by atoms with van der Waals surface area (Å²) >= 11 is 0. The number of nitro groups is 1. The number of carbonyl (C=O) groups is 1. The van der Waals surface area contributed by atoms with E-state index in [1.54, 1.807) is 26.4 Å².